The summed E-state index contributed by atoms with van der Waals surface area (Å²) in [5, 5.41) is 7.85. The van der Waals surface area contributed by atoms with Gasteiger partial charge in [-0.1, -0.05) is 37.8 Å². The van der Waals surface area contributed by atoms with Gasteiger partial charge in [-0.05, 0) is 42.2 Å². The minimum absolute atomic E-state index is 0.126. The van der Waals surface area contributed by atoms with Gasteiger partial charge in [-0.25, -0.2) is 4.98 Å². The van der Waals surface area contributed by atoms with Gasteiger partial charge in [0.05, 0.1) is 11.5 Å². The van der Waals surface area contributed by atoms with E-state index in [1.54, 1.807) is 23.7 Å². The number of Topliss-reactive ketones (excluding diaryl/α,β-unsaturated/α-hetero) is 1. The maximum atomic E-state index is 13.2. The number of carbonyl (C=O) groups excluding carboxylic acids is 3. The minimum Gasteiger partial charge on any atom is -0.322 e. The highest BCUT2D eigenvalue weighted by molar-refractivity contribution is 7.14. The topological polar surface area (TPSA) is 101 Å². The molecule has 1 aliphatic rings. The Morgan fingerprint density at radius 1 is 1.09 bits per heavy atom. The van der Waals surface area contributed by atoms with Crippen molar-refractivity contribution in [2.45, 2.75) is 44.9 Å². The second kappa shape index (κ2) is 10.5. The maximum Gasteiger partial charge on any atom is 0.257 e. The molecule has 1 unspecified atom stereocenters. The molecule has 0 radical (unpaired) electrons. The van der Waals surface area contributed by atoms with Gasteiger partial charge in [0.25, 0.3) is 5.91 Å². The van der Waals surface area contributed by atoms with Crippen molar-refractivity contribution in [1.82, 2.24) is 9.97 Å². The molecule has 0 spiro atoms. The molecule has 4 rings (SSSR count). The van der Waals surface area contributed by atoms with E-state index in [1.807, 2.05) is 24.3 Å². The standard InChI is InChI=1S/C25H26N4O3S/c1-16(30)22-15-33-25(28-22)29-24(32)21(13-17-5-2-3-6-17)18-8-10-20(11-9-18)27-23(31)19-7-4-12-26-14-19/h4,7-12,14-15,17,21H,2-3,5-6,13H2,1H3,(H,27,31)(H,28,29,32). The number of nitrogens with zero attached hydrogens (tertiary/aromatic N) is 2. The van der Waals surface area contributed by atoms with Crippen LogP contribution in [-0.4, -0.2) is 27.6 Å². The number of nitrogens with one attached hydrogen (secondary N) is 2. The summed E-state index contributed by atoms with van der Waals surface area (Å²) in [4.78, 5) is 45.3. The van der Waals surface area contributed by atoms with Crippen LogP contribution in [0.3, 0.4) is 0 Å². The lowest BCUT2D eigenvalue weighted by atomic mass is 9.87. The van der Waals surface area contributed by atoms with E-state index < -0.39 is 0 Å². The Kier molecular flexibility index (Phi) is 7.24. The van der Waals surface area contributed by atoms with Crippen LogP contribution in [0.5, 0.6) is 0 Å². The van der Waals surface area contributed by atoms with Gasteiger partial charge in [0.1, 0.15) is 5.69 Å². The summed E-state index contributed by atoms with van der Waals surface area (Å²) in [7, 11) is 0. The summed E-state index contributed by atoms with van der Waals surface area (Å²) < 4.78 is 0. The molecule has 0 aliphatic heterocycles. The van der Waals surface area contributed by atoms with E-state index in [9.17, 15) is 14.4 Å². The quantitative estimate of drug-likeness (QED) is 0.443. The summed E-state index contributed by atoms with van der Waals surface area (Å²) in [5.41, 5.74) is 2.38. The number of pyridine rings is 1. The normalized spacial score (nSPS) is 14.6. The van der Waals surface area contributed by atoms with Crippen molar-refractivity contribution >= 4 is 39.8 Å². The van der Waals surface area contributed by atoms with Crippen molar-refractivity contribution in [2.24, 2.45) is 5.92 Å². The van der Waals surface area contributed by atoms with Crippen LogP contribution in [0.25, 0.3) is 0 Å². The highest BCUT2D eigenvalue weighted by Gasteiger charge is 2.27. The molecule has 2 amide bonds. The Hall–Kier alpha value is -3.39. The van der Waals surface area contributed by atoms with Crippen LogP contribution < -0.4 is 10.6 Å². The summed E-state index contributed by atoms with van der Waals surface area (Å²) in [6, 6.07) is 10.8. The number of benzene rings is 1. The Morgan fingerprint density at radius 2 is 1.85 bits per heavy atom. The fraction of sp³-hybridized carbons (Fsp3) is 0.320. The average Bonchev–Trinajstić information content (AvgIpc) is 3.51. The molecule has 1 aliphatic carbocycles. The number of aromatic nitrogens is 2. The van der Waals surface area contributed by atoms with Gasteiger partial charge in [-0.15, -0.1) is 11.3 Å². The molecule has 2 aromatic heterocycles. The predicted molar refractivity (Wildman–Crippen MR) is 129 cm³/mol. The SMILES string of the molecule is CC(=O)c1csc(NC(=O)C(CC2CCCC2)c2ccc(NC(=O)c3cccnc3)cc2)n1. The van der Waals surface area contributed by atoms with Crippen LogP contribution in [-0.2, 0) is 4.79 Å². The number of carbonyl (C=O) groups is 3. The summed E-state index contributed by atoms with van der Waals surface area (Å²) in [5.74, 6) is -0.312. The van der Waals surface area contributed by atoms with Crippen LogP contribution in [0.4, 0.5) is 10.8 Å². The smallest absolute Gasteiger partial charge is 0.257 e. The summed E-state index contributed by atoms with van der Waals surface area (Å²) in [6.45, 7) is 1.46. The maximum absolute atomic E-state index is 13.2. The van der Waals surface area contributed by atoms with Gasteiger partial charge in [0, 0.05) is 30.4 Å². The van der Waals surface area contributed by atoms with Crippen LogP contribution in [0.2, 0.25) is 0 Å². The molecule has 170 valence electrons. The van der Waals surface area contributed by atoms with E-state index >= 15 is 0 Å². The van der Waals surface area contributed by atoms with Gasteiger partial charge in [0.2, 0.25) is 5.91 Å². The highest BCUT2D eigenvalue weighted by atomic mass is 32.1. The Balaban J connectivity index is 1.49. The molecule has 33 heavy (non-hydrogen) atoms. The summed E-state index contributed by atoms with van der Waals surface area (Å²) in [6.07, 6.45) is 8.57. The van der Waals surface area contributed by atoms with Gasteiger partial charge in [0.15, 0.2) is 10.9 Å². The zero-order valence-electron chi connectivity index (χ0n) is 18.4. The first-order chi connectivity index (χ1) is 16.0. The first-order valence-corrected chi connectivity index (χ1v) is 12.0. The van der Waals surface area contributed by atoms with Crippen molar-refractivity contribution < 1.29 is 14.4 Å². The molecule has 0 bridgehead atoms. The molecule has 3 aromatic rings. The molecule has 2 N–H and O–H groups in total. The van der Waals surface area contributed by atoms with E-state index in [1.165, 1.54) is 37.3 Å². The first-order valence-electron chi connectivity index (χ1n) is 11.1. The predicted octanol–water partition coefficient (Wildman–Crippen LogP) is 5.30. The fourth-order valence-electron chi connectivity index (χ4n) is 4.16. The Bertz CT molecular complexity index is 1120. The number of hydrogen-bond acceptors (Lipinski definition) is 6. The van der Waals surface area contributed by atoms with Crippen molar-refractivity contribution in [3.8, 4) is 0 Å². The number of amides is 2. The molecule has 7 nitrogen and oxygen atoms in total. The van der Waals surface area contributed by atoms with Crippen LogP contribution >= 0.6 is 11.3 Å². The van der Waals surface area contributed by atoms with E-state index in [4.69, 9.17) is 0 Å². The molecular weight excluding hydrogens is 436 g/mol. The third kappa shape index (κ3) is 5.90. The largest absolute Gasteiger partial charge is 0.322 e. The molecule has 1 fully saturated rings. The molecule has 8 heteroatoms. The van der Waals surface area contributed by atoms with Crippen LogP contribution in [0, 0.1) is 5.92 Å². The highest BCUT2D eigenvalue weighted by Crippen LogP contribution is 2.35. The first kappa shape index (κ1) is 22.8. The van der Waals surface area contributed by atoms with Gasteiger partial charge in [-0.3, -0.25) is 19.4 Å². The minimum atomic E-state index is -0.333. The lowest BCUT2D eigenvalue weighted by molar-refractivity contribution is -0.118. The zero-order chi connectivity index (χ0) is 23.2. The lowest BCUT2D eigenvalue weighted by Gasteiger charge is -2.20. The average molecular weight is 463 g/mol. The van der Waals surface area contributed by atoms with Gasteiger partial charge in [-0.2, -0.15) is 0 Å². The van der Waals surface area contributed by atoms with E-state index in [0.29, 0.717) is 28.0 Å². The lowest BCUT2D eigenvalue weighted by Crippen LogP contribution is -2.23. The van der Waals surface area contributed by atoms with E-state index in [0.717, 1.165) is 24.8 Å². The second-order valence-corrected chi connectivity index (χ2v) is 9.20. The van der Waals surface area contributed by atoms with Crippen molar-refractivity contribution in [3.63, 3.8) is 0 Å². The van der Waals surface area contributed by atoms with Gasteiger partial charge < -0.3 is 10.6 Å². The van der Waals surface area contributed by atoms with E-state index in [-0.39, 0.29) is 23.5 Å². The molecule has 0 saturated heterocycles. The molecule has 1 atom stereocenters. The number of hydrogen-bond donors (Lipinski definition) is 2. The number of ketones is 1. The number of rotatable bonds is 8. The Labute approximate surface area is 196 Å². The molecular formula is C25H26N4O3S. The van der Waals surface area contributed by atoms with Gasteiger partial charge >= 0.3 is 0 Å². The summed E-state index contributed by atoms with van der Waals surface area (Å²) >= 11 is 1.25. The molecule has 1 aromatic carbocycles. The number of anilines is 2. The second-order valence-electron chi connectivity index (χ2n) is 8.34. The van der Waals surface area contributed by atoms with Crippen molar-refractivity contribution in [3.05, 3.63) is 71.0 Å². The fourth-order valence-corrected chi connectivity index (χ4v) is 4.91. The molecule has 2 heterocycles. The third-order valence-corrected chi connectivity index (χ3v) is 6.71. The van der Waals surface area contributed by atoms with Crippen LogP contribution in [0.15, 0.2) is 54.2 Å². The number of thiazole rings is 1. The third-order valence-electron chi connectivity index (χ3n) is 5.95. The van der Waals surface area contributed by atoms with Crippen molar-refractivity contribution in [1.29, 1.82) is 0 Å². The Morgan fingerprint density at radius 3 is 2.48 bits per heavy atom. The van der Waals surface area contributed by atoms with E-state index in [2.05, 4.69) is 20.6 Å². The van der Waals surface area contributed by atoms with Crippen LogP contribution in [0.1, 0.15) is 71.4 Å². The molecule has 1 saturated carbocycles. The monoisotopic (exact) mass is 462 g/mol. The van der Waals surface area contributed by atoms with Crippen molar-refractivity contribution in [2.75, 3.05) is 10.6 Å². The zero-order valence-corrected chi connectivity index (χ0v) is 19.2.